The molecule has 4 aromatic rings. The minimum atomic E-state index is -0.197. The summed E-state index contributed by atoms with van der Waals surface area (Å²) in [4.78, 5) is 16.6. The first kappa shape index (κ1) is 22.1. The van der Waals surface area contributed by atoms with Crippen LogP contribution in [0.2, 0.25) is 0 Å². The predicted octanol–water partition coefficient (Wildman–Crippen LogP) is 3.45. The molecule has 0 bridgehead atoms. The number of benzene rings is 2. The fraction of sp³-hybridized carbons (Fsp3) is 0.250. The van der Waals surface area contributed by atoms with E-state index < -0.39 is 0 Å². The fourth-order valence-electron chi connectivity index (χ4n) is 3.33. The summed E-state index contributed by atoms with van der Waals surface area (Å²) in [7, 11) is 1.54. The minimum absolute atomic E-state index is 0.197. The molecule has 1 amide bonds. The predicted molar refractivity (Wildman–Crippen MR) is 120 cm³/mol. The second-order valence-corrected chi connectivity index (χ2v) is 7.55. The Morgan fingerprint density at radius 3 is 2.55 bits per heavy atom. The Bertz CT molecular complexity index is 1200. The zero-order valence-electron chi connectivity index (χ0n) is 18.7. The van der Waals surface area contributed by atoms with Gasteiger partial charge in [0, 0.05) is 12.1 Å². The van der Waals surface area contributed by atoms with Crippen LogP contribution in [0.25, 0.3) is 0 Å². The van der Waals surface area contributed by atoms with Gasteiger partial charge in [0.05, 0.1) is 24.9 Å². The fourth-order valence-corrected chi connectivity index (χ4v) is 3.33. The lowest BCUT2D eigenvalue weighted by molar-refractivity contribution is 0.0950. The Kier molecular flexibility index (Phi) is 6.68. The summed E-state index contributed by atoms with van der Waals surface area (Å²) < 4.78 is 18.2. The summed E-state index contributed by atoms with van der Waals surface area (Å²) in [6.07, 6.45) is 3.19. The molecule has 9 nitrogen and oxygen atoms in total. The van der Waals surface area contributed by atoms with Crippen LogP contribution in [0, 0.1) is 13.8 Å². The van der Waals surface area contributed by atoms with E-state index in [1.54, 1.807) is 36.3 Å². The average molecular weight is 447 g/mol. The molecule has 2 aromatic heterocycles. The number of rotatable bonds is 9. The molecule has 9 heteroatoms. The van der Waals surface area contributed by atoms with Crippen LogP contribution < -0.4 is 14.8 Å². The molecule has 33 heavy (non-hydrogen) atoms. The van der Waals surface area contributed by atoms with E-state index in [4.69, 9.17) is 14.0 Å². The van der Waals surface area contributed by atoms with Crippen LogP contribution in [-0.4, -0.2) is 32.9 Å². The summed E-state index contributed by atoms with van der Waals surface area (Å²) in [6.45, 7) is 5.07. The van der Waals surface area contributed by atoms with Crippen LogP contribution in [0.15, 0.2) is 59.6 Å². The van der Waals surface area contributed by atoms with Gasteiger partial charge in [-0.15, -0.1) is 0 Å². The number of amides is 1. The van der Waals surface area contributed by atoms with Gasteiger partial charge in [0.2, 0.25) is 0 Å². The molecular formula is C24H25N5O4. The highest BCUT2D eigenvalue weighted by Crippen LogP contribution is 2.29. The SMILES string of the molecule is COc1cc(C(=O)NCc2ccc(Cn3cncn3)cc2)ccc1OCc1c(C)noc1C. The number of carbonyl (C=O) groups excluding carboxylic acids is 1. The smallest absolute Gasteiger partial charge is 0.251 e. The zero-order chi connectivity index (χ0) is 23.2. The average Bonchev–Trinajstić information content (AvgIpc) is 3.46. The number of aromatic nitrogens is 4. The number of methoxy groups -OCH3 is 1. The Hall–Kier alpha value is -4.14. The zero-order valence-corrected chi connectivity index (χ0v) is 18.7. The molecule has 0 atom stereocenters. The summed E-state index contributed by atoms with van der Waals surface area (Å²) in [5.41, 5.74) is 4.27. The van der Waals surface area contributed by atoms with E-state index in [9.17, 15) is 4.79 Å². The van der Waals surface area contributed by atoms with Crippen molar-refractivity contribution in [3.05, 3.63) is 88.8 Å². The van der Waals surface area contributed by atoms with Crippen LogP contribution in [0.4, 0.5) is 0 Å². The van der Waals surface area contributed by atoms with Gasteiger partial charge in [0.25, 0.3) is 5.91 Å². The van der Waals surface area contributed by atoms with Crippen molar-refractivity contribution in [1.82, 2.24) is 25.2 Å². The number of nitrogens with zero attached hydrogens (tertiary/aromatic N) is 4. The van der Waals surface area contributed by atoms with E-state index >= 15 is 0 Å². The van der Waals surface area contributed by atoms with Crippen molar-refractivity contribution in [2.75, 3.05) is 7.11 Å². The molecular weight excluding hydrogens is 422 g/mol. The number of carbonyl (C=O) groups is 1. The second kappa shape index (κ2) is 9.99. The molecule has 0 radical (unpaired) electrons. The number of ether oxygens (including phenoxy) is 2. The molecule has 4 rings (SSSR count). The van der Waals surface area contributed by atoms with Crippen LogP contribution >= 0.6 is 0 Å². The molecule has 0 aliphatic heterocycles. The van der Waals surface area contributed by atoms with Gasteiger partial charge >= 0.3 is 0 Å². The number of hydrogen-bond donors (Lipinski definition) is 1. The third kappa shape index (κ3) is 5.38. The lowest BCUT2D eigenvalue weighted by atomic mass is 10.1. The van der Waals surface area contributed by atoms with E-state index in [0.29, 0.717) is 42.5 Å². The molecule has 2 heterocycles. The first-order valence-electron chi connectivity index (χ1n) is 10.4. The highest BCUT2D eigenvalue weighted by molar-refractivity contribution is 5.94. The van der Waals surface area contributed by atoms with Gasteiger partial charge < -0.3 is 19.3 Å². The summed E-state index contributed by atoms with van der Waals surface area (Å²) in [6, 6.07) is 13.1. The maximum absolute atomic E-state index is 12.7. The topological polar surface area (TPSA) is 104 Å². The quantitative estimate of drug-likeness (QED) is 0.419. The third-order valence-corrected chi connectivity index (χ3v) is 5.27. The Balaban J connectivity index is 1.35. The van der Waals surface area contributed by atoms with Gasteiger partial charge in [0.15, 0.2) is 11.5 Å². The van der Waals surface area contributed by atoms with Gasteiger partial charge in [-0.2, -0.15) is 5.10 Å². The van der Waals surface area contributed by atoms with Crippen molar-refractivity contribution in [2.45, 2.75) is 33.5 Å². The van der Waals surface area contributed by atoms with Gasteiger partial charge in [-0.3, -0.25) is 4.79 Å². The normalized spacial score (nSPS) is 10.8. The molecule has 0 saturated heterocycles. The van der Waals surface area contributed by atoms with Crippen molar-refractivity contribution in [3.63, 3.8) is 0 Å². The Labute approximate surface area is 191 Å². The van der Waals surface area contributed by atoms with Gasteiger partial charge in [-0.1, -0.05) is 29.4 Å². The molecule has 170 valence electrons. The molecule has 0 unspecified atom stereocenters. The minimum Gasteiger partial charge on any atom is -0.493 e. The van der Waals surface area contributed by atoms with E-state index in [0.717, 1.165) is 22.4 Å². The first-order chi connectivity index (χ1) is 16.0. The number of nitrogens with one attached hydrogen (secondary N) is 1. The van der Waals surface area contributed by atoms with Crippen LogP contribution in [0.1, 0.15) is 38.5 Å². The van der Waals surface area contributed by atoms with Crippen LogP contribution in [0.5, 0.6) is 11.5 Å². The lowest BCUT2D eigenvalue weighted by Gasteiger charge is -2.12. The maximum Gasteiger partial charge on any atom is 0.251 e. The highest BCUT2D eigenvalue weighted by atomic mass is 16.5. The van der Waals surface area contributed by atoms with Crippen molar-refractivity contribution in [2.24, 2.45) is 0 Å². The number of hydrogen-bond acceptors (Lipinski definition) is 7. The van der Waals surface area contributed by atoms with E-state index in [1.165, 1.54) is 6.33 Å². The third-order valence-electron chi connectivity index (χ3n) is 5.27. The molecule has 0 fully saturated rings. The van der Waals surface area contributed by atoms with Crippen molar-refractivity contribution >= 4 is 5.91 Å². The largest absolute Gasteiger partial charge is 0.493 e. The van der Waals surface area contributed by atoms with E-state index in [2.05, 4.69) is 20.6 Å². The Morgan fingerprint density at radius 1 is 1.09 bits per heavy atom. The lowest BCUT2D eigenvalue weighted by Crippen LogP contribution is -2.22. The summed E-state index contributed by atoms with van der Waals surface area (Å²) >= 11 is 0. The highest BCUT2D eigenvalue weighted by Gasteiger charge is 2.14. The second-order valence-electron chi connectivity index (χ2n) is 7.55. The molecule has 0 aliphatic rings. The van der Waals surface area contributed by atoms with Crippen LogP contribution in [-0.2, 0) is 19.7 Å². The maximum atomic E-state index is 12.7. The van der Waals surface area contributed by atoms with Crippen molar-refractivity contribution in [1.29, 1.82) is 0 Å². The van der Waals surface area contributed by atoms with Gasteiger partial charge in [0.1, 0.15) is 25.0 Å². The van der Waals surface area contributed by atoms with Gasteiger partial charge in [-0.25, -0.2) is 9.67 Å². The van der Waals surface area contributed by atoms with Crippen molar-refractivity contribution < 1.29 is 18.8 Å². The Morgan fingerprint density at radius 2 is 1.88 bits per heavy atom. The summed E-state index contributed by atoms with van der Waals surface area (Å²) in [5, 5.41) is 11.0. The molecule has 1 N–H and O–H groups in total. The summed E-state index contributed by atoms with van der Waals surface area (Å²) in [5.74, 6) is 1.54. The van der Waals surface area contributed by atoms with Crippen molar-refractivity contribution in [3.8, 4) is 11.5 Å². The first-order valence-corrected chi connectivity index (χ1v) is 10.4. The van der Waals surface area contributed by atoms with Gasteiger partial charge in [-0.05, 0) is 43.2 Å². The standard InChI is InChI=1S/C24H25N5O4/c1-16-21(17(2)33-28-16)13-32-22-9-8-20(10-23(22)31-3)24(30)26-11-18-4-6-19(7-5-18)12-29-15-25-14-27-29/h4-10,14-15H,11-13H2,1-3H3,(H,26,30). The molecule has 2 aromatic carbocycles. The van der Waals surface area contributed by atoms with E-state index in [1.807, 2.05) is 38.1 Å². The monoisotopic (exact) mass is 447 g/mol. The van der Waals surface area contributed by atoms with E-state index in [-0.39, 0.29) is 5.91 Å². The molecule has 0 aliphatic carbocycles. The van der Waals surface area contributed by atoms with Crippen LogP contribution in [0.3, 0.4) is 0 Å². The number of aryl methyl sites for hydroxylation is 2. The molecule has 0 spiro atoms. The molecule has 0 saturated carbocycles.